The number of alkyl halides is 2. The number of nitrogens with two attached hydrogens (primary N) is 2. The maximum Gasteiger partial charge on any atom is 0.386 e. The van der Waals surface area contributed by atoms with Crippen molar-refractivity contribution in [3.8, 4) is 0 Å². The van der Waals surface area contributed by atoms with E-state index in [4.69, 9.17) is 34.5 Å². The number of aliphatic hydroxyl groups is 1. The standard InChI is InChI=1S/C22H27F2N9O9P2S2/c23-11-9(2-4-34)39-21(33-7-29-13-18(33)30-22(26)31-19(13)35)15(11)42-44(37,46)38-5-10-14(41-43(36)45)12(24)20(40-10)32-3-1-8-16(25)27-6-28-17(8)32/h1,3,6-7,9-12,14-15,20-21,34,43H,2,4-5H2,(H,36,45)(H,37,46)(H2,25,27,28)(H3,26,30,31,35)/t9-,10-,11-,12+,14-,15-,20-,21-,44?/m1/s1. The lowest BCUT2D eigenvalue weighted by molar-refractivity contribution is -0.0474. The third kappa shape index (κ3) is 6.30. The number of halogens is 2. The molecule has 2 aliphatic rings. The first-order valence-corrected chi connectivity index (χ1v) is 18.7. The second-order valence-corrected chi connectivity index (χ2v) is 14.9. The lowest BCUT2D eigenvalue weighted by Gasteiger charge is -2.25. The van der Waals surface area contributed by atoms with E-state index in [1.165, 1.54) is 17.1 Å². The number of nitrogens with one attached hydrogen (secondary N) is 1. The minimum absolute atomic E-state index is 0.0856. The average molecular weight is 726 g/mol. The number of imidazole rings is 1. The molecule has 0 amide bonds. The SMILES string of the molecule is Nc1nc2c(ncn2[C@@H]2O[C@H](CCO)[C@@H](F)[C@H]2OP(=O)(S)OC[C@H]2O[C@@H](n3ccc4c(N)ncnc43)[C@@H](F)[C@@H]2O[PH](=O)S)c(=O)[nH]1. The van der Waals surface area contributed by atoms with Crippen molar-refractivity contribution < 1.29 is 46.1 Å². The summed E-state index contributed by atoms with van der Waals surface area (Å²) < 4.78 is 87.1. The summed E-state index contributed by atoms with van der Waals surface area (Å²) in [6.07, 6.45) is -8.89. The van der Waals surface area contributed by atoms with Crippen molar-refractivity contribution in [2.45, 2.75) is 55.6 Å². The summed E-state index contributed by atoms with van der Waals surface area (Å²) in [6.45, 7) is -5.66. The van der Waals surface area contributed by atoms with Gasteiger partial charge in [-0.2, -0.15) is 4.98 Å². The molecule has 4 aromatic rings. The van der Waals surface area contributed by atoms with Crippen LogP contribution in [0.15, 0.2) is 29.7 Å². The van der Waals surface area contributed by atoms with Gasteiger partial charge in [0.05, 0.1) is 24.4 Å². The Morgan fingerprint density at radius 1 is 1.11 bits per heavy atom. The Balaban J connectivity index is 1.23. The molecule has 2 saturated heterocycles. The lowest BCUT2D eigenvalue weighted by atomic mass is 10.1. The van der Waals surface area contributed by atoms with Gasteiger partial charge in [0.25, 0.3) is 5.56 Å². The van der Waals surface area contributed by atoms with Crippen molar-refractivity contribution in [1.82, 2.24) is 34.1 Å². The van der Waals surface area contributed by atoms with Gasteiger partial charge < -0.3 is 35.1 Å². The van der Waals surface area contributed by atoms with Crippen molar-refractivity contribution >= 4 is 72.5 Å². The van der Waals surface area contributed by atoms with E-state index in [-0.39, 0.29) is 35.0 Å². The van der Waals surface area contributed by atoms with Gasteiger partial charge in [0, 0.05) is 12.8 Å². The van der Waals surface area contributed by atoms with Crippen LogP contribution < -0.4 is 17.0 Å². The quantitative estimate of drug-likeness (QED) is 0.0952. The molecule has 18 nitrogen and oxygen atoms in total. The Hall–Kier alpha value is -2.65. The minimum atomic E-state index is -4.53. The molecule has 0 bridgehead atoms. The van der Waals surface area contributed by atoms with Crippen LogP contribution in [0.3, 0.4) is 0 Å². The number of nitrogen functional groups attached to an aromatic ring is 2. The molecule has 0 aromatic carbocycles. The van der Waals surface area contributed by atoms with Crippen LogP contribution in [-0.2, 0) is 32.2 Å². The lowest BCUT2D eigenvalue weighted by Crippen LogP contribution is -2.33. The molecule has 10 atom stereocenters. The zero-order valence-corrected chi connectivity index (χ0v) is 26.9. The second kappa shape index (κ2) is 13.1. The largest absolute Gasteiger partial charge is 0.396 e. The molecule has 250 valence electrons. The van der Waals surface area contributed by atoms with Gasteiger partial charge in [0.2, 0.25) is 13.2 Å². The Morgan fingerprint density at radius 2 is 1.87 bits per heavy atom. The van der Waals surface area contributed by atoms with Crippen LogP contribution in [-0.4, -0.2) is 89.1 Å². The molecule has 6 heterocycles. The molecule has 0 aliphatic carbocycles. The normalized spacial score (nSPS) is 30.3. The van der Waals surface area contributed by atoms with Gasteiger partial charge in [0.15, 0.2) is 36.0 Å². The molecule has 6 rings (SSSR count). The number of rotatable bonds is 11. The Bertz CT molecular complexity index is 1890. The van der Waals surface area contributed by atoms with E-state index in [9.17, 15) is 19.0 Å². The number of hydrogen-bond acceptors (Lipinski definition) is 15. The van der Waals surface area contributed by atoms with Crippen LogP contribution in [0.25, 0.3) is 22.2 Å². The number of aliphatic hydroxyl groups excluding tert-OH is 1. The third-order valence-electron chi connectivity index (χ3n) is 7.38. The average Bonchev–Trinajstić information content (AvgIpc) is 3.74. The molecule has 46 heavy (non-hydrogen) atoms. The van der Waals surface area contributed by atoms with Crippen LogP contribution in [0, 0.1) is 0 Å². The predicted molar refractivity (Wildman–Crippen MR) is 164 cm³/mol. The highest BCUT2D eigenvalue weighted by atomic mass is 32.7. The zero-order valence-electron chi connectivity index (χ0n) is 23.2. The van der Waals surface area contributed by atoms with E-state index in [1.807, 2.05) is 0 Å². The van der Waals surface area contributed by atoms with Crippen LogP contribution in [0.5, 0.6) is 0 Å². The fourth-order valence-corrected chi connectivity index (χ4v) is 7.71. The summed E-state index contributed by atoms with van der Waals surface area (Å²) in [6, 6.07) is 1.55. The molecule has 0 saturated carbocycles. The Kier molecular flexibility index (Phi) is 9.47. The van der Waals surface area contributed by atoms with E-state index in [1.54, 1.807) is 6.07 Å². The smallest absolute Gasteiger partial charge is 0.386 e. The zero-order chi connectivity index (χ0) is 32.9. The summed E-state index contributed by atoms with van der Waals surface area (Å²) in [5, 5.41) is 9.85. The minimum Gasteiger partial charge on any atom is -0.396 e. The fraction of sp³-hybridized carbons (Fsp3) is 0.500. The monoisotopic (exact) mass is 725 g/mol. The number of aromatic amines is 1. The van der Waals surface area contributed by atoms with Crippen molar-refractivity contribution in [2.24, 2.45) is 0 Å². The molecule has 6 N–H and O–H groups in total. The highest BCUT2D eigenvalue weighted by molar-refractivity contribution is 8.44. The molecular formula is C22H27F2N9O9P2S2. The summed E-state index contributed by atoms with van der Waals surface area (Å²) in [4.78, 5) is 30.6. The molecule has 24 heteroatoms. The van der Waals surface area contributed by atoms with Gasteiger partial charge in [-0.3, -0.25) is 28.0 Å². The topological polar surface area (TPSA) is 247 Å². The van der Waals surface area contributed by atoms with Gasteiger partial charge in [-0.1, -0.05) is 24.5 Å². The molecule has 0 spiro atoms. The maximum absolute atomic E-state index is 15.8. The molecular weight excluding hydrogens is 698 g/mol. The van der Waals surface area contributed by atoms with E-state index >= 15 is 8.78 Å². The van der Waals surface area contributed by atoms with Crippen molar-refractivity contribution in [1.29, 1.82) is 0 Å². The van der Waals surface area contributed by atoms with Crippen molar-refractivity contribution in [3.63, 3.8) is 0 Å². The number of anilines is 2. The van der Waals surface area contributed by atoms with Gasteiger partial charge in [-0.15, -0.1) is 0 Å². The number of fused-ring (bicyclic) bond motifs is 2. The number of thiol groups is 2. The van der Waals surface area contributed by atoms with E-state index < -0.39 is 82.0 Å². The molecule has 0 radical (unpaired) electrons. The molecule has 2 fully saturated rings. The number of nitrogens with zero attached hydrogens (tertiary/aromatic N) is 6. The molecule has 2 aliphatic heterocycles. The van der Waals surface area contributed by atoms with Crippen LogP contribution in [0.1, 0.15) is 18.9 Å². The van der Waals surface area contributed by atoms with Gasteiger partial charge in [-0.05, 0) is 12.5 Å². The van der Waals surface area contributed by atoms with Gasteiger partial charge >= 0.3 is 6.80 Å². The molecule has 2 unspecified atom stereocenters. The van der Waals surface area contributed by atoms with Crippen LogP contribution in [0.2, 0.25) is 0 Å². The maximum atomic E-state index is 15.8. The second-order valence-electron chi connectivity index (χ2n) is 10.2. The van der Waals surface area contributed by atoms with Gasteiger partial charge in [-0.25, -0.2) is 28.3 Å². The number of ether oxygens (including phenoxy) is 2. The Morgan fingerprint density at radius 3 is 2.61 bits per heavy atom. The van der Waals surface area contributed by atoms with Crippen LogP contribution >= 0.6 is 38.5 Å². The summed E-state index contributed by atoms with van der Waals surface area (Å²) >= 11 is 7.75. The van der Waals surface area contributed by atoms with E-state index in [2.05, 4.69) is 49.4 Å². The molecule has 4 aromatic heterocycles. The Labute approximate surface area is 267 Å². The van der Waals surface area contributed by atoms with Crippen molar-refractivity contribution in [2.75, 3.05) is 24.7 Å². The first-order chi connectivity index (χ1) is 21.9. The highest BCUT2D eigenvalue weighted by Gasteiger charge is 2.52. The number of hydrogen-bond donors (Lipinski definition) is 6. The van der Waals surface area contributed by atoms with E-state index in [0.717, 1.165) is 10.9 Å². The summed E-state index contributed by atoms with van der Waals surface area (Å²) in [7, 11) is -3.01. The van der Waals surface area contributed by atoms with Crippen molar-refractivity contribution in [3.05, 3.63) is 35.3 Å². The third-order valence-corrected chi connectivity index (χ3v) is 9.78. The van der Waals surface area contributed by atoms with Crippen LogP contribution in [0.4, 0.5) is 20.5 Å². The van der Waals surface area contributed by atoms with Gasteiger partial charge in [0.1, 0.15) is 36.1 Å². The highest BCUT2D eigenvalue weighted by Crippen LogP contribution is 2.58. The predicted octanol–water partition coefficient (Wildman–Crippen LogP) is 1.73. The number of aromatic nitrogens is 7. The number of H-pyrrole nitrogens is 1. The summed E-state index contributed by atoms with van der Waals surface area (Å²) in [5.74, 6) is -0.109. The fourth-order valence-electron chi connectivity index (χ4n) is 5.38. The first-order valence-electron chi connectivity index (χ1n) is 13.4. The van der Waals surface area contributed by atoms with E-state index in [0.29, 0.717) is 5.39 Å². The summed E-state index contributed by atoms with van der Waals surface area (Å²) in [5.41, 5.74) is 10.9. The first kappa shape index (κ1) is 33.3.